The monoisotopic (exact) mass is 304 g/mol. The van der Waals surface area contributed by atoms with Gasteiger partial charge in [0, 0.05) is 5.56 Å². The van der Waals surface area contributed by atoms with Crippen molar-refractivity contribution in [3.05, 3.63) is 30.0 Å². The fourth-order valence-corrected chi connectivity index (χ4v) is 1.75. The van der Waals surface area contributed by atoms with E-state index in [0.29, 0.717) is 17.0 Å². The Morgan fingerprint density at radius 3 is 2.50 bits per heavy atom. The van der Waals surface area contributed by atoms with Crippen LogP contribution < -0.4 is 10.5 Å². The summed E-state index contributed by atoms with van der Waals surface area (Å²) in [5.41, 5.74) is 6.29. The van der Waals surface area contributed by atoms with Gasteiger partial charge in [-0.15, -0.1) is 0 Å². The van der Waals surface area contributed by atoms with Crippen molar-refractivity contribution in [2.45, 2.75) is 20.0 Å². The topological polar surface area (TPSA) is 120 Å². The molecule has 1 aromatic carbocycles. The molecule has 8 heteroatoms. The van der Waals surface area contributed by atoms with E-state index in [9.17, 15) is 9.59 Å². The van der Waals surface area contributed by atoms with Crippen molar-refractivity contribution in [3.8, 4) is 17.0 Å². The number of hydrogen-bond donors (Lipinski definition) is 2. The zero-order valence-corrected chi connectivity index (χ0v) is 12.2. The van der Waals surface area contributed by atoms with Crippen molar-refractivity contribution in [2.24, 2.45) is 5.73 Å². The molecule has 0 saturated carbocycles. The summed E-state index contributed by atoms with van der Waals surface area (Å²) in [6, 6.07) is 6.68. The Morgan fingerprint density at radius 2 is 1.91 bits per heavy atom. The Labute approximate surface area is 126 Å². The molecule has 1 heterocycles. The number of benzene rings is 1. The number of nitrogens with two attached hydrogens (primary N) is 1. The first-order valence-electron chi connectivity index (χ1n) is 6.60. The van der Waals surface area contributed by atoms with Crippen LogP contribution >= 0.6 is 0 Å². The molecule has 0 aliphatic carbocycles. The molecule has 0 unspecified atom stereocenters. The smallest absolute Gasteiger partial charge is 0.344 e. The molecule has 0 aliphatic heterocycles. The van der Waals surface area contributed by atoms with E-state index in [1.165, 1.54) is 0 Å². The molecule has 0 spiro atoms. The van der Waals surface area contributed by atoms with Gasteiger partial charge < -0.3 is 15.2 Å². The molecule has 2 aromatic rings. The van der Waals surface area contributed by atoms with Crippen molar-refractivity contribution >= 4 is 11.9 Å². The van der Waals surface area contributed by atoms with E-state index in [2.05, 4.69) is 15.4 Å². The number of aromatic nitrogens is 3. The predicted molar refractivity (Wildman–Crippen MR) is 77.1 cm³/mol. The fourth-order valence-electron chi connectivity index (χ4n) is 1.75. The molecule has 0 aliphatic rings. The summed E-state index contributed by atoms with van der Waals surface area (Å²) >= 11 is 0. The number of ether oxygens (including phenoxy) is 2. The van der Waals surface area contributed by atoms with E-state index in [-0.39, 0.29) is 18.4 Å². The second-order valence-electron chi connectivity index (χ2n) is 4.74. The summed E-state index contributed by atoms with van der Waals surface area (Å²) in [5.74, 6) is -0.610. The van der Waals surface area contributed by atoms with E-state index in [4.69, 9.17) is 15.2 Å². The summed E-state index contributed by atoms with van der Waals surface area (Å²) in [6.45, 7) is 3.36. The van der Waals surface area contributed by atoms with Gasteiger partial charge in [0.05, 0.1) is 6.10 Å². The molecule has 0 saturated heterocycles. The second-order valence-corrected chi connectivity index (χ2v) is 4.74. The van der Waals surface area contributed by atoms with Crippen LogP contribution in [0.4, 0.5) is 0 Å². The van der Waals surface area contributed by atoms with E-state index < -0.39 is 11.9 Å². The minimum Gasteiger partial charge on any atom is -0.482 e. The maximum absolute atomic E-state index is 11.4. The summed E-state index contributed by atoms with van der Waals surface area (Å²) in [7, 11) is 0. The van der Waals surface area contributed by atoms with Crippen LogP contribution in [-0.4, -0.2) is 40.0 Å². The molecule has 1 aromatic heterocycles. The largest absolute Gasteiger partial charge is 0.482 e. The number of nitrogens with zero attached hydrogens (tertiary/aromatic N) is 2. The van der Waals surface area contributed by atoms with E-state index in [0.717, 1.165) is 0 Å². The van der Waals surface area contributed by atoms with Gasteiger partial charge in [0.15, 0.2) is 12.3 Å². The maximum atomic E-state index is 11.4. The standard InChI is InChI=1S/C14H16N4O4/c1-8(2)22-11(19)7-21-10-5-3-9(4-6-10)12-13(14(15)20)17-18-16-12/h3-6,8H,7H2,1-2H3,(H2,15,20)(H,16,17,18). The number of aromatic amines is 1. The molecular weight excluding hydrogens is 288 g/mol. The van der Waals surface area contributed by atoms with Crippen LogP contribution in [0.2, 0.25) is 0 Å². The lowest BCUT2D eigenvalue weighted by Gasteiger charge is -2.09. The van der Waals surface area contributed by atoms with Gasteiger partial charge in [0.2, 0.25) is 0 Å². The molecule has 0 bridgehead atoms. The average Bonchev–Trinajstić information content (AvgIpc) is 2.94. The van der Waals surface area contributed by atoms with Crippen LogP contribution in [0.1, 0.15) is 24.3 Å². The number of esters is 1. The minimum atomic E-state index is -0.666. The van der Waals surface area contributed by atoms with Crippen molar-refractivity contribution in [3.63, 3.8) is 0 Å². The molecule has 2 rings (SSSR count). The Bertz CT molecular complexity index is 664. The van der Waals surface area contributed by atoms with Crippen molar-refractivity contribution in [1.82, 2.24) is 15.4 Å². The lowest BCUT2D eigenvalue weighted by atomic mass is 10.1. The third kappa shape index (κ3) is 3.81. The molecule has 22 heavy (non-hydrogen) atoms. The van der Waals surface area contributed by atoms with Gasteiger partial charge in [-0.2, -0.15) is 15.4 Å². The predicted octanol–water partition coefficient (Wildman–Crippen LogP) is 0.901. The van der Waals surface area contributed by atoms with Crippen LogP contribution in [0.25, 0.3) is 11.3 Å². The van der Waals surface area contributed by atoms with Gasteiger partial charge in [-0.05, 0) is 38.1 Å². The highest BCUT2D eigenvalue weighted by Crippen LogP contribution is 2.22. The summed E-state index contributed by atoms with van der Waals surface area (Å²) < 4.78 is 10.3. The first kappa shape index (κ1) is 15.5. The van der Waals surface area contributed by atoms with E-state index in [1.807, 2.05) is 0 Å². The van der Waals surface area contributed by atoms with Crippen molar-refractivity contribution in [1.29, 1.82) is 0 Å². The number of carbonyl (C=O) groups is 2. The lowest BCUT2D eigenvalue weighted by Crippen LogP contribution is -2.18. The molecule has 0 fully saturated rings. The first-order valence-corrected chi connectivity index (χ1v) is 6.60. The molecule has 1 amide bonds. The zero-order chi connectivity index (χ0) is 16.1. The van der Waals surface area contributed by atoms with E-state index in [1.54, 1.807) is 38.1 Å². The van der Waals surface area contributed by atoms with Crippen LogP contribution in [-0.2, 0) is 9.53 Å². The lowest BCUT2D eigenvalue weighted by molar-refractivity contribution is -0.149. The number of nitrogens with one attached hydrogen (secondary N) is 1. The second kappa shape index (κ2) is 6.70. The first-order chi connectivity index (χ1) is 10.5. The van der Waals surface area contributed by atoms with Gasteiger partial charge in [-0.3, -0.25) is 4.79 Å². The van der Waals surface area contributed by atoms with Gasteiger partial charge >= 0.3 is 5.97 Å². The van der Waals surface area contributed by atoms with Crippen molar-refractivity contribution < 1.29 is 19.1 Å². The highest BCUT2D eigenvalue weighted by atomic mass is 16.6. The Kier molecular flexibility index (Phi) is 4.72. The Morgan fingerprint density at radius 1 is 1.23 bits per heavy atom. The van der Waals surface area contributed by atoms with Crippen LogP contribution in [0.15, 0.2) is 24.3 Å². The number of carbonyl (C=O) groups excluding carboxylic acids is 2. The number of amides is 1. The zero-order valence-electron chi connectivity index (χ0n) is 12.2. The number of H-pyrrole nitrogens is 1. The third-order valence-corrected chi connectivity index (χ3v) is 2.63. The third-order valence-electron chi connectivity index (χ3n) is 2.63. The van der Waals surface area contributed by atoms with Gasteiger partial charge in [-0.25, -0.2) is 4.79 Å². The SMILES string of the molecule is CC(C)OC(=O)COc1ccc(-c2n[nH]nc2C(N)=O)cc1. The molecule has 0 radical (unpaired) electrons. The van der Waals surface area contributed by atoms with Gasteiger partial charge in [-0.1, -0.05) is 0 Å². The van der Waals surface area contributed by atoms with Crippen LogP contribution in [0, 0.1) is 0 Å². The average molecular weight is 304 g/mol. The summed E-state index contributed by atoms with van der Waals surface area (Å²) in [4.78, 5) is 22.6. The highest BCUT2D eigenvalue weighted by molar-refractivity contribution is 5.96. The maximum Gasteiger partial charge on any atom is 0.344 e. The molecule has 0 atom stereocenters. The van der Waals surface area contributed by atoms with Gasteiger partial charge in [0.1, 0.15) is 11.4 Å². The normalized spacial score (nSPS) is 10.5. The Balaban J connectivity index is 2.03. The fraction of sp³-hybridized carbons (Fsp3) is 0.286. The molecule has 116 valence electrons. The summed E-state index contributed by atoms with van der Waals surface area (Å²) in [6.07, 6.45) is -0.183. The van der Waals surface area contributed by atoms with E-state index >= 15 is 0 Å². The number of hydrogen-bond acceptors (Lipinski definition) is 6. The molecule has 8 nitrogen and oxygen atoms in total. The number of rotatable bonds is 6. The number of primary amides is 1. The van der Waals surface area contributed by atoms with Crippen molar-refractivity contribution in [2.75, 3.05) is 6.61 Å². The Hall–Kier alpha value is -2.90. The molecule has 3 N–H and O–H groups in total. The highest BCUT2D eigenvalue weighted by Gasteiger charge is 2.15. The minimum absolute atomic E-state index is 0.0641. The van der Waals surface area contributed by atoms with Crippen LogP contribution in [0.5, 0.6) is 5.75 Å². The van der Waals surface area contributed by atoms with Gasteiger partial charge in [0.25, 0.3) is 5.91 Å². The quantitative estimate of drug-likeness (QED) is 0.765. The molecular formula is C14H16N4O4. The summed E-state index contributed by atoms with van der Waals surface area (Å²) in [5, 5.41) is 9.95. The van der Waals surface area contributed by atoms with Crippen LogP contribution in [0.3, 0.4) is 0 Å².